The summed E-state index contributed by atoms with van der Waals surface area (Å²) in [5.41, 5.74) is 13.2. The Hall–Kier alpha value is -4.21. The Morgan fingerprint density at radius 2 is 1.86 bits per heavy atom. The van der Waals surface area contributed by atoms with Gasteiger partial charge in [-0.15, -0.1) is 5.10 Å². The van der Waals surface area contributed by atoms with Gasteiger partial charge < -0.3 is 10.2 Å². The molecule has 6 rings (SSSR count). The number of anilines is 1. The van der Waals surface area contributed by atoms with Gasteiger partial charge in [0.1, 0.15) is 13.7 Å². The summed E-state index contributed by atoms with van der Waals surface area (Å²) >= 11 is 0. The second kappa shape index (κ2) is 9.11. The predicted octanol–water partition coefficient (Wildman–Crippen LogP) is 2.49. The molecule has 0 spiro atoms. The van der Waals surface area contributed by atoms with Crippen molar-refractivity contribution in [3.63, 3.8) is 0 Å². The highest BCUT2D eigenvalue weighted by molar-refractivity contribution is 6.36. The molecule has 3 N–H and O–H groups in total. The maximum atomic E-state index is 11.2. The number of fused-ring (bicyclic) bond motifs is 1. The summed E-state index contributed by atoms with van der Waals surface area (Å²) in [7, 11) is 2.03. The smallest absolute Gasteiger partial charge is 0.392 e. The molecule has 0 amide bonds. The van der Waals surface area contributed by atoms with E-state index in [9.17, 15) is 4.79 Å². The number of nitrogens with one attached hydrogen (secondary N) is 1. The summed E-state index contributed by atoms with van der Waals surface area (Å²) in [5.74, 6) is 1.37. The molecule has 0 radical (unpaired) electrons. The van der Waals surface area contributed by atoms with Gasteiger partial charge in [-0.25, -0.2) is 14.9 Å². The quantitative estimate of drug-likeness (QED) is 0.371. The first-order chi connectivity index (χ1) is 17.6. The Morgan fingerprint density at radius 3 is 2.56 bits per heavy atom. The summed E-state index contributed by atoms with van der Waals surface area (Å²) in [6, 6.07) is 14.2. The van der Waals surface area contributed by atoms with Crippen molar-refractivity contribution < 1.29 is 4.42 Å². The molecule has 0 unspecified atom stereocenters. The highest BCUT2D eigenvalue weighted by Crippen LogP contribution is 2.37. The third-order valence-electron chi connectivity index (χ3n) is 7.29. The summed E-state index contributed by atoms with van der Waals surface area (Å²) in [4.78, 5) is 21.0. The van der Waals surface area contributed by atoms with Gasteiger partial charge >= 0.3 is 5.76 Å². The van der Waals surface area contributed by atoms with Crippen LogP contribution in [0.2, 0.25) is 0 Å². The van der Waals surface area contributed by atoms with Gasteiger partial charge in [0.15, 0.2) is 5.65 Å². The van der Waals surface area contributed by atoms with Crippen LogP contribution in [0.3, 0.4) is 0 Å². The van der Waals surface area contributed by atoms with Crippen LogP contribution in [0.1, 0.15) is 43.2 Å². The third kappa shape index (κ3) is 4.08. The van der Waals surface area contributed by atoms with Crippen molar-refractivity contribution in [3.8, 4) is 22.4 Å². The zero-order valence-corrected chi connectivity index (χ0v) is 20.0. The van der Waals surface area contributed by atoms with Crippen LogP contribution in [-0.2, 0) is 6.42 Å². The number of hydrogen-bond donors (Lipinski definition) is 2. The number of hydrogen-bond acceptors (Lipinski definition) is 7. The summed E-state index contributed by atoms with van der Waals surface area (Å²) in [5, 5.41) is 10.8. The Morgan fingerprint density at radius 1 is 1.06 bits per heavy atom. The molecular weight excluding hydrogens is 453 g/mol. The van der Waals surface area contributed by atoms with Gasteiger partial charge in [0, 0.05) is 40.9 Å². The summed E-state index contributed by atoms with van der Waals surface area (Å²) in [6.45, 7) is 0. The normalized spacial score (nSPS) is 18.0. The maximum Gasteiger partial charge on any atom is 0.434 e. The van der Waals surface area contributed by atoms with Crippen LogP contribution < -0.4 is 17.0 Å². The highest BCUT2D eigenvalue weighted by atomic mass is 16.4. The van der Waals surface area contributed by atoms with Gasteiger partial charge in [0.25, 0.3) is 0 Å². The van der Waals surface area contributed by atoms with Crippen LogP contribution in [0.25, 0.3) is 28.0 Å². The van der Waals surface area contributed by atoms with Crippen LogP contribution in [0, 0.1) is 5.92 Å². The molecule has 4 aromatic heterocycles. The van der Waals surface area contributed by atoms with Crippen molar-refractivity contribution in [1.82, 2.24) is 29.8 Å². The number of H-pyrrole nitrogens is 1. The molecule has 1 aliphatic rings. The molecule has 1 saturated carbocycles. The molecule has 0 saturated heterocycles. The molecule has 180 valence electrons. The van der Waals surface area contributed by atoms with E-state index in [1.165, 1.54) is 0 Å². The molecule has 5 aromatic rings. The number of aromatic amines is 1. The van der Waals surface area contributed by atoms with Gasteiger partial charge in [-0.1, -0.05) is 36.4 Å². The average molecular weight is 479 g/mol. The van der Waals surface area contributed by atoms with E-state index >= 15 is 0 Å². The van der Waals surface area contributed by atoms with E-state index in [0.29, 0.717) is 30.0 Å². The van der Waals surface area contributed by atoms with E-state index in [2.05, 4.69) is 26.3 Å². The van der Waals surface area contributed by atoms with Crippen molar-refractivity contribution in [2.75, 3.05) is 5.73 Å². The Labute approximate surface area is 208 Å². The first-order valence-electron chi connectivity index (χ1n) is 12.3. The van der Waals surface area contributed by atoms with Gasteiger partial charge in [-0.3, -0.25) is 4.98 Å². The van der Waals surface area contributed by atoms with Crippen LogP contribution in [0.5, 0.6) is 0 Å². The molecular formula is C26H26BN7O2. The molecule has 4 heterocycles. The first-order valence-corrected chi connectivity index (χ1v) is 12.3. The topological polar surface area (TPSA) is 128 Å². The number of nitrogens with two attached hydrogens (primary N) is 1. The molecule has 1 aromatic carbocycles. The van der Waals surface area contributed by atoms with Crippen molar-refractivity contribution in [1.29, 1.82) is 0 Å². The predicted molar refractivity (Wildman–Crippen MR) is 140 cm³/mol. The van der Waals surface area contributed by atoms with Gasteiger partial charge in [0.2, 0.25) is 5.89 Å². The lowest BCUT2D eigenvalue weighted by Gasteiger charge is -2.28. The van der Waals surface area contributed by atoms with Crippen LogP contribution >= 0.6 is 0 Å². The molecule has 10 heteroatoms. The van der Waals surface area contributed by atoms with E-state index in [1.807, 2.05) is 56.6 Å². The van der Waals surface area contributed by atoms with E-state index in [4.69, 9.17) is 15.1 Å². The molecule has 0 atom stereocenters. The second-order valence-corrected chi connectivity index (χ2v) is 9.53. The number of nitrogen functional groups attached to an aromatic ring is 1. The molecule has 36 heavy (non-hydrogen) atoms. The highest BCUT2D eigenvalue weighted by Gasteiger charge is 2.27. The minimum Gasteiger partial charge on any atom is -0.392 e. The molecule has 9 nitrogen and oxygen atoms in total. The number of rotatable bonds is 5. The van der Waals surface area contributed by atoms with Crippen LogP contribution in [-0.4, -0.2) is 37.6 Å². The fourth-order valence-corrected chi connectivity index (χ4v) is 5.28. The Balaban J connectivity index is 1.27. The number of pyridine rings is 1. The van der Waals surface area contributed by atoms with Crippen molar-refractivity contribution in [3.05, 3.63) is 77.0 Å². The third-order valence-corrected chi connectivity index (χ3v) is 7.29. The minimum absolute atomic E-state index is 0.320. The van der Waals surface area contributed by atoms with Gasteiger partial charge in [-0.2, -0.15) is 9.61 Å². The van der Waals surface area contributed by atoms with Gasteiger partial charge in [-0.05, 0) is 43.1 Å². The fraction of sp³-hybridized carbons (Fsp3) is 0.269. The maximum absolute atomic E-state index is 11.2. The van der Waals surface area contributed by atoms with E-state index in [0.717, 1.165) is 64.9 Å². The minimum atomic E-state index is -0.496. The average Bonchev–Trinajstić information content (AvgIpc) is 3.53. The lowest BCUT2D eigenvalue weighted by atomic mass is 9.76. The molecule has 1 aliphatic carbocycles. The van der Waals surface area contributed by atoms with E-state index in [1.54, 1.807) is 4.52 Å². The van der Waals surface area contributed by atoms with Crippen molar-refractivity contribution in [2.45, 2.75) is 38.0 Å². The lowest BCUT2D eigenvalue weighted by molar-refractivity contribution is 0.300. The van der Waals surface area contributed by atoms with E-state index in [-0.39, 0.29) is 0 Å². The Kier molecular flexibility index (Phi) is 5.63. The number of benzene rings is 1. The van der Waals surface area contributed by atoms with Crippen LogP contribution in [0.15, 0.2) is 64.1 Å². The largest absolute Gasteiger partial charge is 0.434 e. The molecule has 1 fully saturated rings. The van der Waals surface area contributed by atoms with Crippen molar-refractivity contribution >= 4 is 24.8 Å². The second-order valence-electron chi connectivity index (χ2n) is 9.53. The summed E-state index contributed by atoms with van der Waals surface area (Å²) < 4.78 is 6.82. The van der Waals surface area contributed by atoms with E-state index < -0.39 is 5.76 Å². The lowest BCUT2D eigenvalue weighted by Crippen LogP contribution is -2.27. The number of nitrogens with zero attached hydrogens (tertiary/aromatic N) is 5. The fourth-order valence-electron chi connectivity index (χ4n) is 5.28. The molecule has 0 bridgehead atoms. The van der Waals surface area contributed by atoms with Crippen LogP contribution in [0.4, 0.5) is 5.82 Å². The monoisotopic (exact) mass is 479 g/mol. The van der Waals surface area contributed by atoms with Gasteiger partial charge in [0.05, 0.1) is 11.9 Å². The molecule has 0 aliphatic heterocycles. The SMILES string of the molecule is Bc1c(C2CCC(Cc3n[nH]c(=O)o3)CC2)nc2c(-c3ccc(-c4ccccc4)nc3)cnn2c1N. The standard InChI is InChI=1S/C26H26BN7O2/c27-22-23(17-8-6-15(7-9-17)12-21-32-33-26(35)36-21)31-25-19(14-30-34(25)24(22)28)18-10-11-20(29-13-18)16-4-2-1-3-5-16/h1-5,10-11,13-15,17H,6-9,12,27-28H2,(H,33,35). The summed E-state index contributed by atoms with van der Waals surface area (Å²) in [6.07, 6.45) is 8.40. The number of aromatic nitrogens is 6. The zero-order chi connectivity index (χ0) is 24.6. The Bertz CT molecular complexity index is 1570. The first kappa shape index (κ1) is 22.3. The zero-order valence-electron chi connectivity index (χ0n) is 20.0. The van der Waals surface area contributed by atoms with Crippen molar-refractivity contribution in [2.24, 2.45) is 5.92 Å².